The van der Waals surface area contributed by atoms with Crippen molar-refractivity contribution in [1.82, 2.24) is 9.78 Å². The van der Waals surface area contributed by atoms with Gasteiger partial charge in [-0.15, -0.1) is 16.9 Å². The van der Waals surface area contributed by atoms with Crippen molar-refractivity contribution in [1.29, 1.82) is 5.26 Å². The summed E-state index contributed by atoms with van der Waals surface area (Å²) in [5.41, 5.74) is 2.02. The normalized spacial score (nSPS) is 10.8. The van der Waals surface area contributed by atoms with Gasteiger partial charge in [-0.2, -0.15) is 5.26 Å². The quantitative estimate of drug-likeness (QED) is 0.451. The first kappa shape index (κ1) is 19.7. The zero-order valence-electron chi connectivity index (χ0n) is 15.1. The van der Waals surface area contributed by atoms with Gasteiger partial charge in [0, 0.05) is 11.1 Å². The molecule has 0 saturated carbocycles. The van der Waals surface area contributed by atoms with Crippen LogP contribution in [0.5, 0.6) is 0 Å². The minimum absolute atomic E-state index is 0.244. The number of halogens is 1. The topological polar surface area (TPSA) is 70.7 Å². The van der Waals surface area contributed by atoms with Gasteiger partial charge in [0.1, 0.15) is 16.7 Å². The van der Waals surface area contributed by atoms with Crippen molar-refractivity contribution < 1.29 is 4.79 Å². The lowest BCUT2D eigenvalue weighted by Crippen LogP contribution is -2.09. The van der Waals surface area contributed by atoms with Crippen LogP contribution in [0.3, 0.4) is 0 Å². The number of aromatic nitrogens is 2. The lowest BCUT2D eigenvalue weighted by molar-refractivity contribution is -0.111. The number of rotatable bonds is 6. The summed E-state index contributed by atoms with van der Waals surface area (Å²) < 4.78 is 1.69. The molecule has 1 aromatic heterocycles. The third-order valence-corrected chi connectivity index (χ3v) is 4.97. The second-order valence-electron chi connectivity index (χ2n) is 5.70. The van der Waals surface area contributed by atoms with Gasteiger partial charge in [0.2, 0.25) is 5.91 Å². The maximum atomic E-state index is 12.3. The van der Waals surface area contributed by atoms with Crippen molar-refractivity contribution in [3.8, 4) is 11.8 Å². The molecule has 7 heteroatoms. The molecule has 3 aromatic rings. The fourth-order valence-electron chi connectivity index (χ4n) is 2.51. The van der Waals surface area contributed by atoms with E-state index >= 15 is 0 Å². The van der Waals surface area contributed by atoms with Crippen LogP contribution in [0.1, 0.15) is 18.1 Å². The molecule has 0 atom stereocenters. The SMILES string of the molecule is CCSc1c(C#N)c(NC(=O)/C=C/c2ccc(Cl)cc2)nn1-c1ccccc1. The fourth-order valence-corrected chi connectivity index (χ4v) is 3.46. The van der Waals surface area contributed by atoms with Crippen LogP contribution in [0.15, 0.2) is 65.7 Å². The maximum absolute atomic E-state index is 12.3. The van der Waals surface area contributed by atoms with Crippen molar-refractivity contribution in [2.45, 2.75) is 11.9 Å². The predicted molar refractivity (Wildman–Crippen MR) is 114 cm³/mol. The Balaban J connectivity index is 1.88. The molecule has 0 aliphatic rings. The van der Waals surface area contributed by atoms with E-state index in [1.807, 2.05) is 49.4 Å². The standard InChI is InChI=1S/C21H17ClN4OS/c1-2-28-21-18(14-23)20(25-26(21)17-6-4-3-5-7-17)24-19(27)13-10-15-8-11-16(22)12-9-15/h3-13H,2H2,1H3,(H,24,25,27)/b13-10+. The number of para-hydroxylation sites is 1. The van der Waals surface area contributed by atoms with E-state index < -0.39 is 0 Å². The number of carbonyl (C=O) groups is 1. The summed E-state index contributed by atoms with van der Waals surface area (Å²) >= 11 is 7.37. The first-order valence-corrected chi connectivity index (χ1v) is 9.94. The molecule has 1 amide bonds. The van der Waals surface area contributed by atoms with Gasteiger partial charge in [-0.3, -0.25) is 4.79 Å². The number of thioether (sulfide) groups is 1. The van der Waals surface area contributed by atoms with Crippen LogP contribution in [0.25, 0.3) is 11.8 Å². The highest BCUT2D eigenvalue weighted by Gasteiger charge is 2.20. The highest BCUT2D eigenvalue weighted by atomic mass is 35.5. The molecular formula is C21H17ClN4OS. The molecule has 0 saturated heterocycles. The number of amides is 1. The summed E-state index contributed by atoms with van der Waals surface area (Å²) in [7, 11) is 0. The van der Waals surface area contributed by atoms with Crippen molar-refractivity contribution in [3.63, 3.8) is 0 Å². The zero-order chi connectivity index (χ0) is 19.9. The number of nitrogens with one attached hydrogen (secondary N) is 1. The van der Waals surface area contributed by atoms with E-state index in [-0.39, 0.29) is 11.7 Å². The molecule has 0 aliphatic carbocycles. The number of hydrogen-bond donors (Lipinski definition) is 1. The van der Waals surface area contributed by atoms with Gasteiger partial charge in [-0.25, -0.2) is 4.68 Å². The molecule has 5 nitrogen and oxygen atoms in total. The van der Waals surface area contributed by atoms with Crippen LogP contribution in [0.2, 0.25) is 5.02 Å². The molecule has 0 aliphatic heterocycles. The number of carbonyl (C=O) groups excluding carboxylic acids is 1. The Morgan fingerprint density at radius 1 is 1.25 bits per heavy atom. The molecule has 1 N–H and O–H groups in total. The minimum Gasteiger partial charge on any atom is -0.304 e. The Labute approximate surface area is 172 Å². The van der Waals surface area contributed by atoms with Crippen molar-refractivity contribution in [2.24, 2.45) is 0 Å². The van der Waals surface area contributed by atoms with Gasteiger partial charge in [-0.1, -0.05) is 48.9 Å². The molecule has 0 radical (unpaired) electrons. The Kier molecular flexibility index (Phi) is 6.53. The maximum Gasteiger partial charge on any atom is 0.249 e. The predicted octanol–water partition coefficient (Wildman–Crippen LogP) is 5.16. The number of nitriles is 1. The van der Waals surface area contributed by atoms with E-state index in [1.165, 1.54) is 17.8 Å². The molecule has 0 unspecified atom stereocenters. The van der Waals surface area contributed by atoms with Gasteiger partial charge >= 0.3 is 0 Å². The summed E-state index contributed by atoms with van der Waals surface area (Å²) in [6, 6.07) is 18.8. The van der Waals surface area contributed by atoms with E-state index in [0.29, 0.717) is 15.6 Å². The second kappa shape index (κ2) is 9.27. The molecule has 2 aromatic carbocycles. The average Bonchev–Trinajstić information content (AvgIpc) is 3.05. The average molecular weight is 409 g/mol. The molecular weight excluding hydrogens is 392 g/mol. The monoisotopic (exact) mass is 408 g/mol. The lowest BCUT2D eigenvalue weighted by Gasteiger charge is -2.05. The highest BCUT2D eigenvalue weighted by Crippen LogP contribution is 2.30. The smallest absolute Gasteiger partial charge is 0.249 e. The van der Waals surface area contributed by atoms with Crippen molar-refractivity contribution >= 4 is 41.2 Å². The molecule has 0 bridgehead atoms. The Morgan fingerprint density at radius 3 is 2.61 bits per heavy atom. The number of hydrogen-bond acceptors (Lipinski definition) is 4. The van der Waals surface area contributed by atoms with Crippen LogP contribution in [0.4, 0.5) is 5.82 Å². The largest absolute Gasteiger partial charge is 0.304 e. The third kappa shape index (κ3) is 4.63. The van der Waals surface area contributed by atoms with E-state index in [4.69, 9.17) is 11.6 Å². The van der Waals surface area contributed by atoms with Crippen LogP contribution < -0.4 is 5.32 Å². The van der Waals surface area contributed by atoms with E-state index in [9.17, 15) is 10.1 Å². The number of anilines is 1. The van der Waals surface area contributed by atoms with Gasteiger partial charge in [-0.05, 0) is 41.7 Å². The third-order valence-electron chi connectivity index (χ3n) is 3.78. The van der Waals surface area contributed by atoms with E-state index in [2.05, 4.69) is 16.5 Å². The highest BCUT2D eigenvalue weighted by molar-refractivity contribution is 7.99. The summed E-state index contributed by atoms with van der Waals surface area (Å²) in [5.74, 6) is 0.655. The van der Waals surface area contributed by atoms with Crippen LogP contribution in [0, 0.1) is 11.3 Å². The van der Waals surface area contributed by atoms with Crippen LogP contribution >= 0.6 is 23.4 Å². The molecule has 28 heavy (non-hydrogen) atoms. The molecule has 0 spiro atoms. The van der Waals surface area contributed by atoms with Crippen LogP contribution in [-0.4, -0.2) is 21.4 Å². The Bertz CT molecular complexity index is 1040. The lowest BCUT2D eigenvalue weighted by atomic mass is 10.2. The Morgan fingerprint density at radius 2 is 1.96 bits per heavy atom. The van der Waals surface area contributed by atoms with Crippen LogP contribution in [-0.2, 0) is 4.79 Å². The second-order valence-corrected chi connectivity index (χ2v) is 7.38. The van der Waals surface area contributed by atoms with E-state index in [1.54, 1.807) is 22.9 Å². The van der Waals surface area contributed by atoms with Gasteiger partial charge in [0.15, 0.2) is 5.82 Å². The van der Waals surface area contributed by atoms with Gasteiger partial charge < -0.3 is 5.32 Å². The zero-order valence-corrected chi connectivity index (χ0v) is 16.7. The molecule has 1 heterocycles. The fraction of sp³-hybridized carbons (Fsp3) is 0.0952. The summed E-state index contributed by atoms with van der Waals surface area (Å²) in [5, 5.41) is 18.1. The summed E-state index contributed by atoms with van der Waals surface area (Å²) in [6.45, 7) is 2.00. The van der Waals surface area contributed by atoms with Crippen molar-refractivity contribution in [3.05, 3.63) is 76.8 Å². The van der Waals surface area contributed by atoms with Gasteiger partial charge in [0.05, 0.1) is 5.69 Å². The first-order valence-electron chi connectivity index (χ1n) is 8.58. The van der Waals surface area contributed by atoms with E-state index in [0.717, 1.165) is 17.0 Å². The molecule has 140 valence electrons. The first-order chi connectivity index (χ1) is 13.6. The molecule has 0 fully saturated rings. The van der Waals surface area contributed by atoms with Gasteiger partial charge in [0.25, 0.3) is 0 Å². The summed E-state index contributed by atoms with van der Waals surface area (Å²) in [6.07, 6.45) is 3.08. The summed E-state index contributed by atoms with van der Waals surface area (Å²) in [4.78, 5) is 12.3. The number of benzene rings is 2. The number of nitrogens with zero attached hydrogens (tertiary/aromatic N) is 3. The molecule has 3 rings (SSSR count). The van der Waals surface area contributed by atoms with Crippen molar-refractivity contribution in [2.75, 3.05) is 11.1 Å². The minimum atomic E-state index is -0.364. The Hall–Kier alpha value is -3.01.